The maximum absolute atomic E-state index is 11.6. The van der Waals surface area contributed by atoms with Gasteiger partial charge in [-0.25, -0.2) is 18.2 Å². The van der Waals surface area contributed by atoms with E-state index in [1.165, 1.54) is 12.1 Å². The van der Waals surface area contributed by atoms with Crippen LogP contribution in [0, 0.1) is 0 Å². The Hall–Kier alpha value is -3.13. The molecular formula is C21H17ClN4O2S. The van der Waals surface area contributed by atoms with Crippen molar-refractivity contribution in [2.75, 3.05) is 5.73 Å². The van der Waals surface area contributed by atoms with E-state index in [0.717, 1.165) is 22.5 Å². The summed E-state index contributed by atoms with van der Waals surface area (Å²) in [6, 6.07) is 23.1. The fourth-order valence-electron chi connectivity index (χ4n) is 2.98. The molecule has 1 heterocycles. The Morgan fingerprint density at radius 1 is 0.828 bits per heavy atom. The van der Waals surface area contributed by atoms with E-state index in [-0.39, 0.29) is 4.90 Å². The molecule has 0 bridgehead atoms. The van der Waals surface area contributed by atoms with E-state index in [4.69, 9.17) is 27.6 Å². The fraction of sp³-hybridized carbons (Fsp3) is 0. The van der Waals surface area contributed by atoms with Crippen LogP contribution in [0.25, 0.3) is 28.2 Å². The Bertz CT molecular complexity index is 1260. The number of anilines is 1. The molecule has 0 unspecified atom stereocenters. The van der Waals surface area contributed by atoms with E-state index in [9.17, 15) is 8.42 Å². The third-order valence-corrected chi connectivity index (χ3v) is 5.65. The first-order valence-electron chi connectivity index (χ1n) is 8.66. The number of benzene rings is 3. The summed E-state index contributed by atoms with van der Waals surface area (Å²) in [5.41, 5.74) is 10.6. The summed E-state index contributed by atoms with van der Waals surface area (Å²) in [7, 11) is -3.77. The lowest BCUT2D eigenvalue weighted by molar-refractivity contribution is 0.598. The minimum absolute atomic E-state index is 0.0420. The number of hydrogen-bond donors (Lipinski definition) is 2. The molecule has 0 aliphatic rings. The lowest BCUT2D eigenvalue weighted by atomic mass is 10.1. The quantitative estimate of drug-likeness (QED) is 0.481. The monoisotopic (exact) mass is 424 g/mol. The van der Waals surface area contributed by atoms with E-state index in [2.05, 4.69) is 0 Å². The molecule has 0 saturated carbocycles. The van der Waals surface area contributed by atoms with Gasteiger partial charge in [0.05, 0.1) is 22.0 Å². The Kier molecular flexibility index (Phi) is 4.87. The predicted molar refractivity (Wildman–Crippen MR) is 115 cm³/mol. The van der Waals surface area contributed by atoms with Gasteiger partial charge >= 0.3 is 0 Å². The van der Waals surface area contributed by atoms with E-state index >= 15 is 0 Å². The summed E-state index contributed by atoms with van der Waals surface area (Å²) in [6.45, 7) is 0. The number of nitrogens with two attached hydrogens (primary N) is 2. The van der Waals surface area contributed by atoms with Crippen molar-refractivity contribution in [2.24, 2.45) is 5.14 Å². The number of aromatic nitrogens is 2. The second-order valence-corrected chi connectivity index (χ2v) is 8.49. The van der Waals surface area contributed by atoms with Crippen LogP contribution in [0.3, 0.4) is 0 Å². The van der Waals surface area contributed by atoms with Gasteiger partial charge in [-0.2, -0.15) is 5.10 Å². The SMILES string of the molecule is Nc1ccc(-c2cc(-c3ccc(Cl)cc3)nn2-c2ccc(S(N)(=O)=O)cc2)cc1. The fourth-order valence-corrected chi connectivity index (χ4v) is 3.62. The molecular weight excluding hydrogens is 408 g/mol. The van der Waals surface area contributed by atoms with Crippen LogP contribution in [0.15, 0.2) is 83.8 Å². The molecule has 146 valence electrons. The van der Waals surface area contributed by atoms with E-state index < -0.39 is 10.0 Å². The van der Waals surface area contributed by atoms with Gasteiger partial charge in [-0.1, -0.05) is 35.9 Å². The zero-order valence-electron chi connectivity index (χ0n) is 15.2. The third kappa shape index (κ3) is 4.02. The molecule has 0 spiro atoms. The van der Waals surface area contributed by atoms with Crippen LogP contribution in [0.5, 0.6) is 0 Å². The normalized spacial score (nSPS) is 11.5. The highest BCUT2D eigenvalue weighted by atomic mass is 35.5. The van der Waals surface area contributed by atoms with Gasteiger partial charge in [-0.15, -0.1) is 0 Å². The summed E-state index contributed by atoms with van der Waals surface area (Å²) >= 11 is 6.00. The Labute approximate surface area is 173 Å². The van der Waals surface area contributed by atoms with Crippen LogP contribution >= 0.6 is 11.6 Å². The minimum atomic E-state index is -3.77. The van der Waals surface area contributed by atoms with Crippen LogP contribution in [0.1, 0.15) is 0 Å². The molecule has 8 heteroatoms. The van der Waals surface area contributed by atoms with Crippen molar-refractivity contribution < 1.29 is 8.42 Å². The Balaban J connectivity index is 1.86. The number of rotatable bonds is 4. The van der Waals surface area contributed by atoms with E-state index in [0.29, 0.717) is 16.4 Å². The lowest BCUT2D eigenvalue weighted by Crippen LogP contribution is -2.12. The first kappa shape index (κ1) is 19.2. The van der Waals surface area contributed by atoms with Gasteiger partial charge in [0.25, 0.3) is 0 Å². The first-order chi connectivity index (χ1) is 13.8. The minimum Gasteiger partial charge on any atom is -0.399 e. The number of hydrogen-bond acceptors (Lipinski definition) is 4. The average molecular weight is 425 g/mol. The van der Waals surface area contributed by atoms with Gasteiger partial charge in [0, 0.05) is 21.8 Å². The highest BCUT2D eigenvalue weighted by molar-refractivity contribution is 7.89. The second-order valence-electron chi connectivity index (χ2n) is 6.49. The average Bonchev–Trinajstić information content (AvgIpc) is 3.14. The highest BCUT2D eigenvalue weighted by Gasteiger charge is 2.14. The molecule has 0 radical (unpaired) electrons. The predicted octanol–water partition coefficient (Wildman–Crippen LogP) is 4.09. The van der Waals surface area contributed by atoms with Gasteiger partial charge < -0.3 is 5.73 Å². The number of nitrogen functional groups attached to an aromatic ring is 1. The first-order valence-corrected chi connectivity index (χ1v) is 10.6. The van der Waals surface area contributed by atoms with Crippen LogP contribution in [0.2, 0.25) is 5.02 Å². The molecule has 0 fully saturated rings. The van der Waals surface area contributed by atoms with E-state index in [1.54, 1.807) is 28.9 Å². The van der Waals surface area contributed by atoms with Crippen molar-refractivity contribution in [1.82, 2.24) is 9.78 Å². The van der Waals surface area contributed by atoms with Crippen LogP contribution in [-0.2, 0) is 10.0 Å². The van der Waals surface area contributed by atoms with Gasteiger partial charge in [0.2, 0.25) is 10.0 Å². The molecule has 0 saturated heterocycles. The molecule has 3 aromatic carbocycles. The molecule has 4 rings (SSSR count). The van der Waals surface area contributed by atoms with E-state index in [1.807, 2.05) is 42.5 Å². The number of halogens is 1. The molecule has 4 N–H and O–H groups in total. The molecule has 0 aliphatic carbocycles. The smallest absolute Gasteiger partial charge is 0.238 e. The zero-order chi connectivity index (χ0) is 20.6. The van der Waals surface area contributed by atoms with Gasteiger partial charge in [0.1, 0.15) is 0 Å². The largest absolute Gasteiger partial charge is 0.399 e. The molecule has 0 amide bonds. The molecule has 6 nitrogen and oxygen atoms in total. The number of primary sulfonamides is 1. The van der Waals surface area contributed by atoms with Gasteiger partial charge in [-0.3, -0.25) is 0 Å². The molecule has 29 heavy (non-hydrogen) atoms. The van der Waals surface area contributed by atoms with Gasteiger partial charge in [0.15, 0.2) is 0 Å². The molecule has 0 aliphatic heterocycles. The van der Waals surface area contributed by atoms with Crippen molar-refractivity contribution in [3.8, 4) is 28.2 Å². The van der Waals surface area contributed by atoms with Crippen molar-refractivity contribution in [2.45, 2.75) is 4.90 Å². The van der Waals surface area contributed by atoms with Crippen LogP contribution in [0.4, 0.5) is 5.69 Å². The third-order valence-electron chi connectivity index (χ3n) is 4.47. The Morgan fingerprint density at radius 3 is 2.00 bits per heavy atom. The highest BCUT2D eigenvalue weighted by Crippen LogP contribution is 2.30. The number of sulfonamides is 1. The number of nitrogens with zero attached hydrogens (tertiary/aromatic N) is 2. The second kappa shape index (κ2) is 7.36. The summed E-state index contributed by atoms with van der Waals surface area (Å²) in [5, 5.41) is 10.6. The molecule has 4 aromatic rings. The maximum Gasteiger partial charge on any atom is 0.238 e. The van der Waals surface area contributed by atoms with Crippen molar-refractivity contribution >= 4 is 27.3 Å². The topological polar surface area (TPSA) is 104 Å². The molecule has 1 aromatic heterocycles. The van der Waals surface area contributed by atoms with Gasteiger partial charge in [-0.05, 0) is 54.6 Å². The van der Waals surface area contributed by atoms with Crippen LogP contribution < -0.4 is 10.9 Å². The lowest BCUT2D eigenvalue weighted by Gasteiger charge is -2.08. The summed E-state index contributed by atoms with van der Waals surface area (Å²) in [4.78, 5) is 0.0420. The summed E-state index contributed by atoms with van der Waals surface area (Å²) < 4.78 is 24.9. The summed E-state index contributed by atoms with van der Waals surface area (Å²) in [6.07, 6.45) is 0. The van der Waals surface area contributed by atoms with Crippen LogP contribution in [-0.4, -0.2) is 18.2 Å². The van der Waals surface area contributed by atoms with Crippen molar-refractivity contribution in [1.29, 1.82) is 0 Å². The maximum atomic E-state index is 11.6. The Morgan fingerprint density at radius 2 is 1.41 bits per heavy atom. The summed E-state index contributed by atoms with van der Waals surface area (Å²) in [5.74, 6) is 0. The molecule has 0 atom stereocenters. The van der Waals surface area contributed by atoms with Crippen molar-refractivity contribution in [3.05, 3.63) is 83.9 Å². The standard InChI is InChI=1S/C21H17ClN4O2S/c22-16-5-1-14(2-6-16)20-13-21(15-3-7-17(23)8-4-15)26(25-20)18-9-11-19(12-10-18)29(24,27)28/h1-13H,23H2,(H2,24,27,28). The zero-order valence-corrected chi connectivity index (χ0v) is 16.7. The van der Waals surface area contributed by atoms with Crippen molar-refractivity contribution in [3.63, 3.8) is 0 Å².